The van der Waals surface area contributed by atoms with Crippen molar-refractivity contribution in [2.24, 2.45) is 11.1 Å². The third kappa shape index (κ3) is 1.69. The largest absolute Gasteiger partial charge is 0.389 e. The van der Waals surface area contributed by atoms with E-state index < -0.39 is 0 Å². The maximum atomic E-state index is 5.59. The second-order valence-electron chi connectivity index (χ2n) is 4.17. The van der Waals surface area contributed by atoms with E-state index in [1.54, 1.807) is 0 Å². The molecule has 2 nitrogen and oxygen atoms in total. The molecule has 3 heteroatoms. The Labute approximate surface area is 86.1 Å². The van der Waals surface area contributed by atoms with Gasteiger partial charge in [0.2, 0.25) is 0 Å². The molecule has 1 heterocycles. The minimum absolute atomic E-state index is 0. The van der Waals surface area contributed by atoms with Gasteiger partial charge in [0.25, 0.3) is 0 Å². The lowest BCUT2D eigenvalue weighted by atomic mass is 9.75. The van der Waals surface area contributed by atoms with Gasteiger partial charge < -0.3 is 4.84 Å². The molecule has 1 spiro atoms. The van der Waals surface area contributed by atoms with Gasteiger partial charge >= 0.3 is 0 Å². The van der Waals surface area contributed by atoms with Crippen molar-refractivity contribution in [1.82, 2.24) is 0 Å². The Balaban J connectivity index is 0.000000845. The minimum atomic E-state index is 0. The molecule has 1 saturated carbocycles. The summed E-state index contributed by atoms with van der Waals surface area (Å²) in [5.41, 5.74) is 1.28. The maximum Gasteiger partial charge on any atom is 0.145 e. The van der Waals surface area contributed by atoms with Gasteiger partial charge in [0.05, 0.1) is 5.71 Å². The molecular weight excluding hydrogens is 186 g/mol. The van der Waals surface area contributed by atoms with Crippen LogP contribution in [-0.4, -0.2) is 11.3 Å². The summed E-state index contributed by atoms with van der Waals surface area (Å²) in [4.78, 5) is 5.59. The van der Waals surface area contributed by atoms with Crippen LogP contribution in [0.5, 0.6) is 0 Å². The zero-order chi connectivity index (χ0) is 8.60. The molecule has 1 aliphatic carbocycles. The van der Waals surface area contributed by atoms with E-state index in [0.29, 0.717) is 5.92 Å². The third-order valence-electron chi connectivity index (χ3n) is 3.49. The number of hydrogen-bond acceptors (Lipinski definition) is 2. The van der Waals surface area contributed by atoms with Gasteiger partial charge in [-0.25, -0.2) is 0 Å². The molecule has 0 radical (unpaired) electrons. The molecule has 0 bridgehead atoms. The Morgan fingerprint density at radius 3 is 2.38 bits per heavy atom. The van der Waals surface area contributed by atoms with Crippen molar-refractivity contribution in [3.8, 4) is 0 Å². The van der Waals surface area contributed by atoms with E-state index in [1.807, 2.05) is 0 Å². The average Bonchev–Trinajstić information content (AvgIpc) is 2.37. The smallest absolute Gasteiger partial charge is 0.145 e. The molecule has 1 aliphatic heterocycles. The highest BCUT2D eigenvalue weighted by molar-refractivity contribution is 5.86. The molecule has 0 saturated heterocycles. The first kappa shape index (κ1) is 10.8. The van der Waals surface area contributed by atoms with Crippen LogP contribution in [0, 0.1) is 5.92 Å². The Kier molecular flexibility index (Phi) is 3.23. The summed E-state index contributed by atoms with van der Waals surface area (Å²) in [7, 11) is 0. The topological polar surface area (TPSA) is 21.6 Å². The molecule has 2 aliphatic rings. The van der Waals surface area contributed by atoms with Crippen LogP contribution < -0.4 is 0 Å². The number of rotatable bonds is 0. The van der Waals surface area contributed by atoms with Gasteiger partial charge in [-0.05, 0) is 32.6 Å². The van der Waals surface area contributed by atoms with E-state index in [4.69, 9.17) is 4.84 Å². The van der Waals surface area contributed by atoms with Gasteiger partial charge in [0, 0.05) is 5.92 Å². The monoisotopic (exact) mass is 203 g/mol. The normalized spacial score (nSPS) is 30.6. The van der Waals surface area contributed by atoms with E-state index in [9.17, 15) is 0 Å². The summed E-state index contributed by atoms with van der Waals surface area (Å²) in [5.74, 6) is 0.540. The second kappa shape index (κ2) is 3.87. The Morgan fingerprint density at radius 2 is 1.92 bits per heavy atom. The highest BCUT2D eigenvalue weighted by atomic mass is 35.5. The highest BCUT2D eigenvalue weighted by Gasteiger charge is 2.45. The summed E-state index contributed by atoms with van der Waals surface area (Å²) in [6, 6.07) is 0. The quantitative estimate of drug-likeness (QED) is 0.593. The van der Waals surface area contributed by atoms with Crippen LogP contribution in [0.25, 0.3) is 0 Å². The van der Waals surface area contributed by atoms with Crippen LogP contribution >= 0.6 is 12.4 Å². The fourth-order valence-electron chi connectivity index (χ4n) is 2.38. The maximum absolute atomic E-state index is 5.59. The molecule has 76 valence electrons. The molecular formula is C10H18ClNO. The summed E-state index contributed by atoms with van der Waals surface area (Å²) in [6.45, 7) is 4.32. The minimum Gasteiger partial charge on any atom is -0.389 e. The van der Waals surface area contributed by atoms with Gasteiger partial charge in [0.15, 0.2) is 0 Å². The van der Waals surface area contributed by atoms with Gasteiger partial charge in [-0.1, -0.05) is 18.5 Å². The standard InChI is InChI=1S/C10H17NO.ClH/c1-8-9(2)11-12-10(8)6-4-3-5-7-10;/h8H,3-7H2,1-2H3;1H. The Bertz CT molecular complexity index is 209. The molecule has 13 heavy (non-hydrogen) atoms. The second-order valence-corrected chi connectivity index (χ2v) is 4.17. The van der Waals surface area contributed by atoms with Gasteiger partial charge in [-0.3, -0.25) is 0 Å². The van der Waals surface area contributed by atoms with Crippen molar-refractivity contribution in [2.75, 3.05) is 0 Å². The van der Waals surface area contributed by atoms with Crippen LogP contribution in [0.2, 0.25) is 0 Å². The summed E-state index contributed by atoms with van der Waals surface area (Å²) < 4.78 is 0. The van der Waals surface area contributed by atoms with Gasteiger partial charge in [-0.15, -0.1) is 12.4 Å². The van der Waals surface area contributed by atoms with Crippen LogP contribution in [-0.2, 0) is 4.84 Å². The van der Waals surface area contributed by atoms with Crippen LogP contribution in [0.1, 0.15) is 46.0 Å². The summed E-state index contributed by atoms with van der Waals surface area (Å²) in [5, 5.41) is 4.11. The Morgan fingerprint density at radius 1 is 1.31 bits per heavy atom. The van der Waals surface area contributed by atoms with E-state index in [1.165, 1.54) is 37.8 Å². The van der Waals surface area contributed by atoms with Crippen molar-refractivity contribution in [2.45, 2.75) is 51.6 Å². The molecule has 0 amide bonds. The molecule has 0 N–H and O–H groups in total. The zero-order valence-electron chi connectivity index (χ0n) is 8.38. The first-order chi connectivity index (χ1) is 5.75. The highest BCUT2D eigenvalue weighted by Crippen LogP contribution is 2.41. The SMILES string of the molecule is CC1=NOC2(CCCCC2)C1C.Cl. The third-order valence-corrected chi connectivity index (χ3v) is 3.49. The van der Waals surface area contributed by atoms with Gasteiger partial charge in [-0.2, -0.15) is 0 Å². The van der Waals surface area contributed by atoms with Crippen LogP contribution in [0.15, 0.2) is 5.16 Å². The number of oxime groups is 1. The summed E-state index contributed by atoms with van der Waals surface area (Å²) in [6.07, 6.45) is 6.40. The van der Waals surface area contributed by atoms with E-state index in [2.05, 4.69) is 19.0 Å². The predicted octanol–water partition coefficient (Wildman–Crippen LogP) is 3.15. The molecule has 1 fully saturated rings. The molecule has 0 aromatic carbocycles. The van der Waals surface area contributed by atoms with Crippen molar-refractivity contribution in [3.63, 3.8) is 0 Å². The average molecular weight is 204 g/mol. The van der Waals surface area contributed by atoms with Crippen molar-refractivity contribution < 1.29 is 4.84 Å². The fourth-order valence-corrected chi connectivity index (χ4v) is 2.38. The molecule has 0 aromatic heterocycles. The lowest BCUT2D eigenvalue weighted by Crippen LogP contribution is -2.38. The molecule has 2 rings (SSSR count). The zero-order valence-corrected chi connectivity index (χ0v) is 9.19. The van der Waals surface area contributed by atoms with E-state index in [0.717, 1.165) is 0 Å². The van der Waals surface area contributed by atoms with Crippen LogP contribution in [0.3, 0.4) is 0 Å². The van der Waals surface area contributed by atoms with Crippen molar-refractivity contribution in [1.29, 1.82) is 0 Å². The first-order valence-corrected chi connectivity index (χ1v) is 4.97. The first-order valence-electron chi connectivity index (χ1n) is 4.97. The predicted molar refractivity (Wildman–Crippen MR) is 56.4 cm³/mol. The Hall–Kier alpha value is -0.240. The number of hydrogen-bond donors (Lipinski definition) is 0. The van der Waals surface area contributed by atoms with E-state index >= 15 is 0 Å². The van der Waals surface area contributed by atoms with Gasteiger partial charge in [0.1, 0.15) is 5.60 Å². The fraction of sp³-hybridized carbons (Fsp3) is 0.900. The number of halogens is 1. The number of nitrogens with zero attached hydrogens (tertiary/aromatic N) is 1. The lowest BCUT2D eigenvalue weighted by Gasteiger charge is -2.34. The van der Waals surface area contributed by atoms with Crippen LogP contribution in [0.4, 0.5) is 0 Å². The van der Waals surface area contributed by atoms with Crippen molar-refractivity contribution >= 4 is 18.1 Å². The molecule has 1 atom stereocenters. The van der Waals surface area contributed by atoms with Crippen molar-refractivity contribution in [3.05, 3.63) is 0 Å². The molecule has 1 unspecified atom stereocenters. The van der Waals surface area contributed by atoms with E-state index in [-0.39, 0.29) is 18.0 Å². The summed E-state index contributed by atoms with van der Waals surface area (Å²) >= 11 is 0. The molecule has 0 aromatic rings. The lowest BCUT2D eigenvalue weighted by molar-refractivity contribution is -0.0667.